The first kappa shape index (κ1) is 14.2. The number of pyridine rings is 1. The standard InChI is InChI=1S/C15H19ClN4O2/c16-13-9-12-11(10-17-13)15(19-4-7-21-8-5-19)18-20(12)14-3-1-2-6-22-14/h9-10,14H,1-8H2. The fraction of sp³-hybridized carbons (Fsp3) is 0.600. The molecule has 2 aliphatic rings. The van der Waals surface area contributed by atoms with E-state index in [-0.39, 0.29) is 6.23 Å². The smallest absolute Gasteiger partial charge is 0.160 e. The number of hydrogen-bond donors (Lipinski definition) is 0. The average molecular weight is 323 g/mol. The topological polar surface area (TPSA) is 52.4 Å². The quantitative estimate of drug-likeness (QED) is 0.796. The normalized spacial score (nSPS) is 23.1. The van der Waals surface area contributed by atoms with Crippen molar-refractivity contribution >= 4 is 28.3 Å². The van der Waals surface area contributed by atoms with Crippen LogP contribution in [0.3, 0.4) is 0 Å². The number of hydrogen-bond acceptors (Lipinski definition) is 5. The van der Waals surface area contributed by atoms with Crippen molar-refractivity contribution in [1.82, 2.24) is 14.8 Å². The van der Waals surface area contributed by atoms with Crippen LogP contribution in [0.25, 0.3) is 10.9 Å². The van der Waals surface area contributed by atoms with Crippen molar-refractivity contribution < 1.29 is 9.47 Å². The van der Waals surface area contributed by atoms with Crippen LogP contribution >= 0.6 is 11.6 Å². The molecule has 0 radical (unpaired) electrons. The van der Waals surface area contributed by atoms with Gasteiger partial charge in [-0.25, -0.2) is 9.67 Å². The minimum Gasteiger partial charge on any atom is -0.378 e. The Kier molecular flexibility index (Phi) is 3.90. The van der Waals surface area contributed by atoms with Crippen LogP contribution < -0.4 is 4.90 Å². The third-order valence-electron chi connectivity index (χ3n) is 4.28. The molecule has 1 unspecified atom stereocenters. The minimum absolute atomic E-state index is 0.00972. The zero-order valence-corrected chi connectivity index (χ0v) is 13.1. The first-order valence-corrected chi connectivity index (χ1v) is 8.19. The van der Waals surface area contributed by atoms with E-state index in [1.807, 2.05) is 16.9 Å². The Labute approximate surface area is 134 Å². The summed E-state index contributed by atoms with van der Waals surface area (Å²) in [6.45, 7) is 3.95. The lowest BCUT2D eigenvalue weighted by Gasteiger charge is -2.27. The van der Waals surface area contributed by atoms with Crippen LogP contribution in [-0.2, 0) is 9.47 Å². The molecular formula is C15H19ClN4O2. The second-order valence-corrected chi connectivity index (χ2v) is 6.10. The second-order valence-electron chi connectivity index (χ2n) is 5.71. The van der Waals surface area contributed by atoms with Crippen molar-refractivity contribution in [1.29, 1.82) is 0 Å². The van der Waals surface area contributed by atoms with Crippen LogP contribution in [0.2, 0.25) is 5.15 Å². The van der Waals surface area contributed by atoms with E-state index in [2.05, 4.69) is 9.88 Å². The summed E-state index contributed by atoms with van der Waals surface area (Å²) in [5, 5.41) is 6.35. The third kappa shape index (κ3) is 2.55. The maximum atomic E-state index is 6.10. The first-order valence-electron chi connectivity index (χ1n) is 7.81. The molecule has 22 heavy (non-hydrogen) atoms. The van der Waals surface area contributed by atoms with E-state index in [0.29, 0.717) is 5.15 Å². The van der Waals surface area contributed by atoms with Gasteiger partial charge in [0.25, 0.3) is 0 Å². The summed E-state index contributed by atoms with van der Waals surface area (Å²) < 4.78 is 13.3. The van der Waals surface area contributed by atoms with Crippen LogP contribution in [0.1, 0.15) is 25.5 Å². The molecule has 7 heteroatoms. The highest BCUT2D eigenvalue weighted by molar-refractivity contribution is 6.30. The fourth-order valence-electron chi connectivity index (χ4n) is 3.14. The van der Waals surface area contributed by atoms with Crippen LogP contribution in [0.5, 0.6) is 0 Å². The van der Waals surface area contributed by atoms with Gasteiger partial charge in [-0.1, -0.05) is 11.6 Å². The van der Waals surface area contributed by atoms with E-state index in [1.54, 1.807) is 0 Å². The van der Waals surface area contributed by atoms with Crippen molar-refractivity contribution in [2.75, 3.05) is 37.8 Å². The van der Waals surface area contributed by atoms with E-state index >= 15 is 0 Å². The molecule has 0 amide bonds. The Bertz CT molecular complexity index is 663. The molecule has 118 valence electrons. The van der Waals surface area contributed by atoms with Crippen molar-refractivity contribution in [3.05, 3.63) is 17.4 Å². The highest BCUT2D eigenvalue weighted by atomic mass is 35.5. The van der Waals surface area contributed by atoms with Gasteiger partial charge in [0, 0.05) is 32.0 Å². The van der Waals surface area contributed by atoms with Crippen LogP contribution in [0.15, 0.2) is 12.3 Å². The molecular weight excluding hydrogens is 304 g/mol. The Balaban J connectivity index is 1.79. The Morgan fingerprint density at radius 2 is 2.05 bits per heavy atom. The number of halogens is 1. The van der Waals surface area contributed by atoms with E-state index in [1.165, 1.54) is 0 Å². The summed E-state index contributed by atoms with van der Waals surface area (Å²) in [5.41, 5.74) is 0.994. The van der Waals surface area contributed by atoms with Gasteiger partial charge >= 0.3 is 0 Å². The Hall–Kier alpha value is -1.37. The van der Waals surface area contributed by atoms with Gasteiger partial charge in [-0.15, -0.1) is 0 Å². The van der Waals surface area contributed by atoms with E-state index < -0.39 is 0 Å². The molecule has 4 heterocycles. The molecule has 6 nitrogen and oxygen atoms in total. The number of anilines is 1. The molecule has 2 saturated heterocycles. The summed E-state index contributed by atoms with van der Waals surface area (Å²) in [6.07, 6.45) is 5.07. The van der Waals surface area contributed by atoms with Crippen molar-refractivity contribution in [2.24, 2.45) is 0 Å². The number of ether oxygens (including phenoxy) is 2. The molecule has 0 saturated carbocycles. The van der Waals surface area contributed by atoms with Crippen LogP contribution in [0, 0.1) is 0 Å². The molecule has 1 atom stereocenters. The maximum absolute atomic E-state index is 6.10. The summed E-state index contributed by atoms with van der Waals surface area (Å²) in [7, 11) is 0. The van der Waals surface area contributed by atoms with E-state index in [9.17, 15) is 0 Å². The number of nitrogens with zero attached hydrogens (tertiary/aromatic N) is 4. The van der Waals surface area contributed by atoms with Gasteiger partial charge in [-0.05, 0) is 19.3 Å². The molecule has 0 spiro atoms. The summed E-state index contributed by atoms with van der Waals surface area (Å²) in [5.74, 6) is 0.955. The van der Waals surface area contributed by atoms with Crippen molar-refractivity contribution in [2.45, 2.75) is 25.5 Å². The van der Waals surface area contributed by atoms with Crippen molar-refractivity contribution in [3.8, 4) is 0 Å². The molecule has 0 bridgehead atoms. The van der Waals surface area contributed by atoms with Gasteiger partial charge in [-0.3, -0.25) is 0 Å². The van der Waals surface area contributed by atoms with Crippen LogP contribution in [0.4, 0.5) is 5.82 Å². The van der Waals surface area contributed by atoms with Gasteiger partial charge in [0.15, 0.2) is 12.0 Å². The molecule has 0 aromatic carbocycles. The lowest BCUT2D eigenvalue weighted by Crippen LogP contribution is -2.36. The van der Waals surface area contributed by atoms with Crippen LogP contribution in [-0.4, -0.2) is 47.7 Å². The molecule has 2 fully saturated rings. The highest BCUT2D eigenvalue weighted by Gasteiger charge is 2.24. The zero-order valence-electron chi connectivity index (χ0n) is 12.4. The molecule has 2 aromatic rings. The number of aromatic nitrogens is 3. The largest absolute Gasteiger partial charge is 0.378 e. The van der Waals surface area contributed by atoms with E-state index in [4.69, 9.17) is 26.2 Å². The molecule has 2 aromatic heterocycles. The summed E-state index contributed by atoms with van der Waals surface area (Å²) in [6, 6.07) is 1.88. The lowest BCUT2D eigenvalue weighted by molar-refractivity contribution is -0.0366. The van der Waals surface area contributed by atoms with Gasteiger partial charge in [0.1, 0.15) is 5.15 Å². The summed E-state index contributed by atoms with van der Waals surface area (Å²) in [4.78, 5) is 6.49. The number of fused-ring (bicyclic) bond motifs is 1. The Morgan fingerprint density at radius 1 is 1.18 bits per heavy atom. The van der Waals surface area contributed by atoms with Gasteiger partial charge in [0.05, 0.1) is 24.1 Å². The average Bonchev–Trinajstić information content (AvgIpc) is 2.95. The van der Waals surface area contributed by atoms with Gasteiger partial charge in [0.2, 0.25) is 0 Å². The first-order chi connectivity index (χ1) is 10.8. The summed E-state index contributed by atoms with van der Waals surface area (Å²) >= 11 is 6.10. The number of rotatable bonds is 2. The number of morpholine rings is 1. The maximum Gasteiger partial charge on any atom is 0.160 e. The SMILES string of the molecule is Clc1cc2c(cn1)c(N1CCOCC1)nn2C1CCCCO1. The fourth-order valence-corrected chi connectivity index (χ4v) is 3.29. The van der Waals surface area contributed by atoms with Gasteiger partial charge < -0.3 is 14.4 Å². The van der Waals surface area contributed by atoms with Gasteiger partial charge in [-0.2, -0.15) is 5.10 Å². The van der Waals surface area contributed by atoms with Crippen molar-refractivity contribution in [3.63, 3.8) is 0 Å². The molecule has 4 rings (SSSR count). The molecule has 0 aliphatic carbocycles. The van der Waals surface area contributed by atoms with E-state index in [0.717, 1.165) is 68.9 Å². The lowest BCUT2D eigenvalue weighted by atomic mass is 10.2. The zero-order chi connectivity index (χ0) is 14.9. The monoisotopic (exact) mass is 322 g/mol. The third-order valence-corrected chi connectivity index (χ3v) is 4.48. The second kappa shape index (κ2) is 6.02. The Morgan fingerprint density at radius 3 is 2.82 bits per heavy atom. The predicted molar refractivity (Wildman–Crippen MR) is 84.4 cm³/mol. The minimum atomic E-state index is -0.00972. The molecule has 0 N–H and O–H groups in total. The molecule has 2 aliphatic heterocycles. The predicted octanol–water partition coefficient (Wildman–Crippen LogP) is 2.62. The highest BCUT2D eigenvalue weighted by Crippen LogP contribution is 2.32.